The molecule has 0 amide bonds. The molecule has 0 saturated heterocycles. The fraction of sp³-hybridized carbons (Fsp3) is 1.00. The summed E-state index contributed by atoms with van der Waals surface area (Å²) in [5.74, 6) is 0.0692. The fourth-order valence-corrected chi connectivity index (χ4v) is 2.03. The van der Waals surface area contributed by atoms with Crippen LogP contribution in [0, 0.1) is 11.8 Å². The van der Waals surface area contributed by atoms with Gasteiger partial charge in [0.1, 0.15) is 0 Å². The van der Waals surface area contributed by atoms with Gasteiger partial charge in [0.05, 0.1) is 0 Å². The van der Waals surface area contributed by atoms with E-state index in [0.717, 1.165) is 12.8 Å². The number of hydrogen-bond donors (Lipinski definition) is 1. The van der Waals surface area contributed by atoms with Crippen molar-refractivity contribution in [2.75, 3.05) is 6.61 Å². The number of halogens is 3. The van der Waals surface area contributed by atoms with Crippen molar-refractivity contribution in [3.8, 4) is 0 Å². The summed E-state index contributed by atoms with van der Waals surface area (Å²) in [5.41, 5.74) is 0. The van der Waals surface area contributed by atoms with Crippen molar-refractivity contribution in [2.24, 2.45) is 11.8 Å². The molecule has 0 aromatic rings. The molecule has 1 N–H and O–H groups in total. The van der Waals surface area contributed by atoms with Gasteiger partial charge >= 0.3 is 6.98 Å². The van der Waals surface area contributed by atoms with Crippen molar-refractivity contribution < 1.29 is 18.1 Å². The Balaban J connectivity index is 2.25. The van der Waals surface area contributed by atoms with E-state index in [-0.39, 0.29) is 18.4 Å². The maximum Gasteiger partial charge on any atom is 0.478 e. The molecule has 0 atom stereocenters. The van der Waals surface area contributed by atoms with Gasteiger partial charge < -0.3 is 18.1 Å². The molecule has 1 fully saturated rings. The lowest BCUT2D eigenvalue weighted by Crippen LogP contribution is -2.24. The van der Waals surface area contributed by atoms with Crippen molar-refractivity contribution in [3.63, 3.8) is 0 Å². The highest BCUT2D eigenvalue weighted by Gasteiger charge is 2.30. The van der Waals surface area contributed by atoms with Gasteiger partial charge in [-0.25, -0.2) is 0 Å². The topological polar surface area (TPSA) is 20.2 Å². The van der Waals surface area contributed by atoms with E-state index in [0.29, 0.717) is 12.8 Å². The van der Waals surface area contributed by atoms with Crippen LogP contribution in [0.25, 0.3) is 0 Å². The van der Waals surface area contributed by atoms with Crippen LogP contribution in [0.5, 0.6) is 0 Å². The largest absolute Gasteiger partial charge is 0.478 e. The van der Waals surface area contributed by atoms with Gasteiger partial charge in [0, 0.05) is 6.61 Å². The molecule has 0 aromatic heterocycles. The average Bonchev–Trinajstić information content (AvgIpc) is 2.03. The quantitative estimate of drug-likeness (QED) is 0.686. The van der Waals surface area contributed by atoms with Gasteiger partial charge in [-0.2, -0.15) is 0 Å². The Morgan fingerprint density at radius 1 is 1.00 bits per heavy atom. The van der Waals surface area contributed by atoms with Crippen LogP contribution in [0.1, 0.15) is 25.7 Å². The molecule has 0 unspecified atom stereocenters. The number of hydrogen-bond acceptors (Lipinski definition) is 1. The molecule has 0 heterocycles. The molecule has 0 spiro atoms. The Morgan fingerprint density at radius 3 is 1.85 bits per heavy atom. The van der Waals surface area contributed by atoms with Crippen molar-refractivity contribution in [3.05, 3.63) is 0 Å². The second-order valence-corrected chi connectivity index (χ2v) is 4.02. The van der Waals surface area contributed by atoms with E-state index < -0.39 is 13.3 Å². The van der Waals surface area contributed by atoms with Crippen LogP contribution in [-0.4, -0.2) is 18.7 Å². The van der Waals surface area contributed by atoms with Gasteiger partial charge in [-0.3, -0.25) is 0 Å². The predicted molar refractivity (Wildman–Crippen MR) is 46.4 cm³/mol. The van der Waals surface area contributed by atoms with Gasteiger partial charge in [0.2, 0.25) is 0 Å². The number of aliphatic hydroxyl groups is 1. The van der Waals surface area contributed by atoms with E-state index in [2.05, 4.69) is 0 Å². The van der Waals surface area contributed by atoms with Crippen LogP contribution in [-0.2, 0) is 0 Å². The summed E-state index contributed by atoms with van der Waals surface area (Å²) < 4.78 is 36.1. The summed E-state index contributed by atoms with van der Waals surface area (Å²) in [5, 5.41) is 8.79. The molecule has 0 radical (unpaired) electrons. The first-order chi connectivity index (χ1) is 6.01. The SMILES string of the molecule is OCC1CCC(C[B-](F)(F)F)CC1. The maximum atomic E-state index is 12.0. The molecule has 1 aliphatic rings. The first kappa shape index (κ1) is 10.9. The molecule has 1 aliphatic carbocycles. The molecule has 0 bridgehead atoms. The standard InChI is InChI=1S/C8H15BF3O/c10-9(11,12)5-7-1-3-8(6-13)4-2-7/h7-8,13H,1-6H2/q-1. The van der Waals surface area contributed by atoms with Crippen molar-refractivity contribution in [2.45, 2.75) is 32.0 Å². The highest BCUT2D eigenvalue weighted by atomic mass is 19.4. The molecular weight excluding hydrogens is 180 g/mol. The van der Waals surface area contributed by atoms with E-state index in [9.17, 15) is 12.9 Å². The first-order valence-electron chi connectivity index (χ1n) is 4.83. The third-order valence-electron chi connectivity index (χ3n) is 2.83. The summed E-state index contributed by atoms with van der Waals surface area (Å²) in [7, 11) is 0. The third kappa shape index (κ3) is 4.03. The van der Waals surface area contributed by atoms with Crippen LogP contribution >= 0.6 is 0 Å². The molecule has 1 saturated carbocycles. The zero-order chi connectivity index (χ0) is 9.90. The minimum atomic E-state index is -4.61. The van der Waals surface area contributed by atoms with Crippen LogP contribution in [0.15, 0.2) is 0 Å². The molecule has 0 aromatic carbocycles. The summed E-state index contributed by atoms with van der Waals surface area (Å²) >= 11 is 0. The van der Waals surface area contributed by atoms with Crippen molar-refractivity contribution >= 4 is 6.98 Å². The molecule has 78 valence electrons. The highest BCUT2D eigenvalue weighted by molar-refractivity contribution is 6.58. The fourth-order valence-electron chi connectivity index (χ4n) is 2.03. The maximum absolute atomic E-state index is 12.0. The molecule has 13 heavy (non-hydrogen) atoms. The monoisotopic (exact) mass is 195 g/mol. The van der Waals surface area contributed by atoms with E-state index in [4.69, 9.17) is 5.11 Å². The smallest absolute Gasteiger partial charge is 0.449 e. The summed E-state index contributed by atoms with van der Waals surface area (Å²) in [6.07, 6.45) is 2.19. The third-order valence-corrected chi connectivity index (χ3v) is 2.83. The van der Waals surface area contributed by atoms with Gasteiger partial charge in [0.25, 0.3) is 0 Å². The Bertz CT molecular complexity index is 152. The second-order valence-electron chi connectivity index (χ2n) is 4.02. The Kier molecular flexibility index (Phi) is 3.65. The number of aliphatic hydroxyl groups excluding tert-OH is 1. The summed E-state index contributed by atoms with van der Waals surface area (Å²) in [6.45, 7) is -4.48. The number of rotatable bonds is 3. The molecular formula is C8H15BF3O-. The molecule has 5 heteroatoms. The lowest BCUT2D eigenvalue weighted by atomic mass is 9.70. The molecule has 1 rings (SSSR count). The van der Waals surface area contributed by atoms with E-state index in [1.807, 2.05) is 0 Å². The van der Waals surface area contributed by atoms with Crippen molar-refractivity contribution in [1.82, 2.24) is 0 Å². The minimum absolute atomic E-state index is 0.129. The van der Waals surface area contributed by atoms with Gasteiger partial charge in [-0.1, -0.05) is 25.1 Å². The van der Waals surface area contributed by atoms with Crippen LogP contribution in [0.4, 0.5) is 12.9 Å². The lowest BCUT2D eigenvalue weighted by molar-refractivity contribution is 0.169. The average molecular weight is 195 g/mol. The summed E-state index contributed by atoms with van der Waals surface area (Å²) in [6, 6.07) is 0. The Hall–Kier alpha value is -0.185. The second kappa shape index (κ2) is 4.35. The van der Waals surface area contributed by atoms with Crippen LogP contribution in [0.2, 0.25) is 6.32 Å². The zero-order valence-corrected chi connectivity index (χ0v) is 7.56. The zero-order valence-electron chi connectivity index (χ0n) is 7.56. The summed E-state index contributed by atoms with van der Waals surface area (Å²) in [4.78, 5) is 0. The van der Waals surface area contributed by atoms with Gasteiger partial charge in [0.15, 0.2) is 0 Å². The minimum Gasteiger partial charge on any atom is -0.449 e. The molecule has 1 nitrogen and oxygen atoms in total. The van der Waals surface area contributed by atoms with Crippen molar-refractivity contribution in [1.29, 1.82) is 0 Å². The predicted octanol–water partition coefficient (Wildman–Crippen LogP) is 2.63. The van der Waals surface area contributed by atoms with E-state index in [1.54, 1.807) is 0 Å². The van der Waals surface area contributed by atoms with Gasteiger partial charge in [-0.15, -0.1) is 0 Å². The molecule has 0 aliphatic heterocycles. The van der Waals surface area contributed by atoms with E-state index in [1.165, 1.54) is 0 Å². The van der Waals surface area contributed by atoms with Crippen LogP contribution < -0.4 is 0 Å². The highest BCUT2D eigenvalue weighted by Crippen LogP contribution is 2.34. The Morgan fingerprint density at radius 2 is 1.46 bits per heavy atom. The van der Waals surface area contributed by atoms with Crippen LogP contribution in [0.3, 0.4) is 0 Å². The van der Waals surface area contributed by atoms with Gasteiger partial charge in [-0.05, 0) is 18.8 Å². The lowest BCUT2D eigenvalue weighted by Gasteiger charge is -2.30. The normalized spacial score (nSPS) is 30.5. The first-order valence-corrected chi connectivity index (χ1v) is 4.83. The van der Waals surface area contributed by atoms with E-state index >= 15 is 0 Å². The Labute approximate surface area is 76.4 Å².